The molecule has 1 aliphatic heterocycles. The van der Waals surface area contributed by atoms with Crippen molar-refractivity contribution < 1.29 is 9.66 Å². The number of piperidine rings is 1. The molecule has 1 fully saturated rings. The van der Waals surface area contributed by atoms with Crippen LogP contribution in [0.15, 0.2) is 30.5 Å². The van der Waals surface area contributed by atoms with E-state index >= 15 is 0 Å². The van der Waals surface area contributed by atoms with Crippen molar-refractivity contribution in [3.63, 3.8) is 0 Å². The van der Waals surface area contributed by atoms with E-state index in [9.17, 15) is 10.1 Å². The van der Waals surface area contributed by atoms with Crippen LogP contribution in [-0.4, -0.2) is 45.7 Å². The maximum absolute atomic E-state index is 11.1. The van der Waals surface area contributed by atoms with E-state index in [4.69, 9.17) is 10.00 Å². The van der Waals surface area contributed by atoms with Crippen LogP contribution >= 0.6 is 0 Å². The predicted octanol–water partition coefficient (Wildman–Crippen LogP) is 2.84. The van der Waals surface area contributed by atoms with Crippen LogP contribution in [0.5, 0.6) is 5.75 Å². The number of nitrogens with one attached hydrogen (secondary N) is 1. The van der Waals surface area contributed by atoms with Crippen molar-refractivity contribution in [2.75, 3.05) is 30.4 Å². The number of non-ortho nitro benzene ring substituents is 1. The third-order valence-corrected chi connectivity index (χ3v) is 5.31. The fourth-order valence-electron chi connectivity index (χ4n) is 3.83. The Morgan fingerprint density at radius 2 is 2.23 bits per heavy atom. The number of anilines is 2. The molecule has 2 aromatic heterocycles. The van der Waals surface area contributed by atoms with E-state index in [-0.39, 0.29) is 11.7 Å². The maximum atomic E-state index is 11.1. The lowest BCUT2D eigenvalue weighted by Gasteiger charge is -2.34. The highest BCUT2D eigenvalue weighted by Crippen LogP contribution is 2.28. The number of nitro benzene ring substituents is 1. The number of methoxy groups -OCH3 is 1. The first-order chi connectivity index (χ1) is 14.5. The summed E-state index contributed by atoms with van der Waals surface area (Å²) in [6.07, 6.45) is 3.44. The summed E-state index contributed by atoms with van der Waals surface area (Å²) in [5.74, 6) is 1.92. The third-order valence-electron chi connectivity index (χ3n) is 5.31. The number of pyridine rings is 1. The van der Waals surface area contributed by atoms with Gasteiger partial charge in [-0.15, -0.1) is 0 Å². The summed E-state index contributed by atoms with van der Waals surface area (Å²) >= 11 is 0. The van der Waals surface area contributed by atoms with Gasteiger partial charge >= 0.3 is 0 Å². The number of nitriles is 1. The van der Waals surface area contributed by atoms with E-state index in [0.717, 1.165) is 30.9 Å². The number of benzene rings is 1. The Morgan fingerprint density at radius 3 is 2.97 bits per heavy atom. The third kappa shape index (κ3) is 3.57. The molecule has 1 atom stereocenters. The summed E-state index contributed by atoms with van der Waals surface area (Å²) in [5.41, 5.74) is 1.88. The lowest BCUT2D eigenvalue weighted by atomic mass is 10.1. The molecule has 154 valence electrons. The van der Waals surface area contributed by atoms with Gasteiger partial charge in [0.05, 0.1) is 29.3 Å². The molecule has 30 heavy (non-hydrogen) atoms. The Balaban J connectivity index is 1.55. The second-order valence-corrected chi connectivity index (χ2v) is 7.21. The number of aromatic nitrogens is 3. The van der Waals surface area contributed by atoms with Crippen molar-refractivity contribution in [1.29, 1.82) is 5.26 Å². The highest BCUT2D eigenvalue weighted by atomic mass is 16.6. The molecular weight excluding hydrogens is 386 g/mol. The molecular formula is C20H21N7O3. The first kappa shape index (κ1) is 19.4. The summed E-state index contributed by atoms with van der Waals surface area (Å²) < 4.78 is 7.22. The minimum Gasteiger partial charge on any atom is -0.495 e. The van der Waals surface area contributed by atoms with Gasteiger partial charge in [0.15, 0.2) is 0 Å². The van der Waals surface area contributed by atoms with Crippen LogP contribution in [0.3, 0.4) is 0 Å². The molecule has 1 aromatic carbocycles. The molecule has 10 nitrogen and oxygen atoms in total. The van der Waals surface area contributed by atoms with Gasteiger partial charge in [0.1, 0.15) is 23.2 Å². The Labute approximate surface area is 172 Å². The number of hydrogen-bond donors (Lipinski definition) is 1. The van der Waals surface area contributed by atoms with Crippen LogP contribution in [0.2, 0.25) is 0 Å². The maximum Gasteiger partial charge on any atom is 0.271 e. The first-order valence-corrected chi connectivity index (χ1v) is 9.56. The van der Waals surface area contributed by atoms with Gasteiger partial charge in [-0.2, -0.15) is 5.26 Å². The summed E-state index contributed by atoms with van der Waals surface area (Å²) in [7, 11) is 3.44. The molecule has 1 N–H and O–H groups in total. The quantitative estimate of drug-likeness (QED) is 0.506. The zero-order chi connectivity index (χ0) is 21.3. The molecule has 0 spiro atoms. The number of aryl methyl sites for hydroxylation is 1. The highest BCUT2D eigenvalue weighted by Gasteiger charge is 2.24. The molecule has 0 bridgehead atoms. The molecule has 0 aliphatic carbocycles. The number of imidazole rings is 1. The van der Waals surface area contributed by atoms with Crippen molar-refractivity contribution >= 4 is 28.5 Å². The first-order valence-electron chi connectivity index (χ1n) is 9.56. The van der Waals surface area contributed by atoms with E-state index in [2.05, 4.69) is 26.3 Å². The van der Waals surface area contributed by atoms with Crippen LogP contribution in [-0.2, 0) is 7.05 Å². The summed E-state index contributed by atoms with van der Waals surface area (Å²) in [6.45, 7) is 1.56. The van der Waals surface area contributed by atoms with Crippen molar-refractivity contribution in [1.82, 2.24) is 14.5 Å². The monoisotopic (exact) mass is 407 g/mol. The topological polar surface area (TPSA) is 122 Å². The van der Waals surface area contributed by atoms with Gasteiger partial charge in [0.25, 0.3) is 5.69 Å². The van der Waals surface area contributed by atoms with E-state index in [1.807, 2.05) is 11.6 Å². The molecule has 3 heterocycles. The molecule has 0 unspecified atom stereocenters. The summed E-state index contributed by atoms with van der Waals surface area (Å²) in [6, 6.07) is 8.66. The Morgan fingerprint density at radius 1 is 1.40 bits per heavy atom. The van der Waals surface area contributed by atoms with Crippen LogP contribution in [0.25, 0.3) is 11.0 Å². The van der Waals surface area contributed by atoms with Gasteiger partial charge in [-0.3, -0.25) is 10.1 Å². The zero-order valence-electron chi connectivity index (χ0n) is 16.7. The summed E-state index contributed by atoms with van der Waals surface area (Å²) in [5, 5.41) is 23.6. The fraction of sp³-hybridized carbons (Fsp3) is 0.350. The molecule has 1 aliphatic rings. The standard InChI is InChI=1S/C20H21N7O3/c1-25-17-6-5-15(27(28)29)8-16(17)24-20(25)26-7-3-4-14(12-26)23-19-9-18(30-2)13(10-21)11-22-19/h5-6,8-9,11,14H,3-4,7,12H2,1-2H3,(H,22,23)/t14-/m1/s1. The average Bonchev–Trinajstić information content (AvgIpc) is 3.09. The minimum absolute atomic E-state index is 0.0335. The van der Waals surface area contributed by atoms with Crippen LogP contribution in [0.1, 0.15) is 18.4 Å². The lowest BCUT2D eigenvalue weighted by molar-refractivity contribution is -0.384. The zero-order valence-corrected chi connectivity index (χ0v) is 16.7. The number of nitrogens with zero attached hydrogens (tertiary/aromatic N) is 6. The SMILES string of the molecule is COc1cc(N[C@@H]2CCCN(c3nc4cc([N+](=O)[O-])ccc4n3C)C2)ncc1C#N. The number of nitro groups is 1. The van der Waals surface area contributed by atoms with Gasteiger partial charge < -0.3 is 19.5 Å². The van der Waals surface area contributed by atoms with Gasteiger partial charge in [-0.25, -0.2) is 9.97 Å². The lowest BCUT2D eigenvalue weighted by Crippen LogP contribution is -2.43. The second kappa shape index (κ2) is 7.87. The van der Waals surface area contributed by atoms with Gasteiger partial charge in [-0.1, -0.05) is 0 Å². The molecule has 0 amide bonds. The number of ether oxygens (including phenoxy) is 1. The van der Waals surface area contributed by atoms with Crippen LogP contribution < -0.4 is 15.0 Å². The predicted molar refractivity (Wildman–Crippen MR) is 112 cm³/mol. The Hall–Kier alpha value is -3.87. The molecule has 0 radical (unpaired) electrons. The molecule has 1 saturated heterocycles. The van der Waals surface area contributed by atoms with Gasteiger partial charge in [-0.05, 0) is 18.9 Å². The number of rotatable bonds is 5. The van der Waals surface area contributed by atoms with Crippen molar-refractivity contribution in [2.24, 2.45) is 7.05 Å². The summed E-state index contributed by atoms with van der Waals surface area (Å²) in [4.78, 5) is 21.8. The molecule has 0 saturated carbocycles. The van der Waals surface area contributed by atoms with Crippen LogP contribution in [0.4, 0.5) is 17.5 Å². The van der Waals surface area contributed by atoms with Gasteiger partial charge in [0, 0.05) is 44.4 Å². The smallest absolute Gasteiger partial charge is 0.271 e. The fourth-order valence-corrected chi connectivity index (χ4v) is 3.83. The molecule has 3 aromatic rings. The largest absolute Gasteiger partial charge is 0.495 e. The Bertz CT molecular complexity index is 1150. The molecule has 4 rings (SSSR count). The minimum atomic E-state index is -0.409. The van der Waals surface area contributed by atoms with E-state index in [1.165, 1.54) is 25.4 Å². The van der Waals surface area contributed by atoms with Crippen molar-refractivity contribution in [3.8, 4) is 11.8 Å². The normalized spacial score (nSPS) is 16.3. The average molecular weight is 407 g/mol. The number of hydrogen-bond acceptors (Lipinski definition) is 8. The van der Waals surface area contributed by atoms with Crippen molar-refractivity contribution in [3.05, 3.63) is 46.1 Å². The van der Waals surface area contributed by atoms with E-state index in [0.29, 0.717) is 29.2 Å². The van der Waals surface area contributed by atoms with Crippen LogP contribution in [0, 0.1) is 21.4 Å². The van der Waals surface area contributed by atoms with Gasteiger partial charge in [0.2, 0.25) is 5.95 Å². The second-order valence-electron chi connectivity index (χ2n) is 7.21. The Kier molecular flexibility index (Phi) is 5.10. The van der Waals surface area contributed by atoms with E-state index < -0.39 is 4.92 Å². The molecule has 10 heteroatoms. The van der Waals surface area contributed by atoms with E-state index in [1.54, 1.807) is 12.1 Å². The number of fused-ring (bicyclic) bond motifs is 1. The highest BCUT2D eigenvalue weighted by molar-refractivity contribution is 5.81. The van der Waals surface area contributed by atoms with Crippen molar-refractivity contribution in [2.45, 2.75) is 18.9 Å².